The van der Waals surface area contributed by atoms with E-state index in [1.807, 2.05) is 13.8 Å². The van der Waals surface area contributed by atoms with E-state index in [9.17, 15) is 9.59 Å². The third-order valence-electron chi connectivity index (χ3n) is 2.97. The van der Waals surface area contributed by atoms with Crippen molar-refractivity contribution in [1.82, 2.24) is 10.2 Å². The van der Waals surface area contributed by atoms with E-state index >= 15 is 0 Å². The first-order valence-corrected chi connectivity index (χ1v) is 6.37. The highest BCUT2D eigenvalue weighted by Crippen LogP contribution is 2.20. The molecule has 110 valence electrons. The molecule has 0 bridgehead atoms. The number of hydrogen-bond acceptors (Lipinski definition) is 4. The van der Waals surface area contributed by atoms with Gasteiger partial charge in [-0.3, -0.25) is 0 Å². The Hall–Kier alpha value is -1.34. The molecule has 0 saturated carbocycles. The van der Waals surface area contributed by atoms with Crippen LogP contribution in [0, 0.1) is 0 Å². The Balaban J connectivity index is 2.43. The van der Waals surface area contributed by atoms with E-state index < -0.39 is 12.0 Å². The number of ether oxygens (including phenoxy) is 2. The van der Waals surface area contributed by atoms with E-state index in [4.69, 9.17) is 14.6 Å². The van der Waals surface area contributed by atoms with Gasteiger partial charge < -0.3 is 24.8 Å². The number of nitrogens with zero attached hydrogens (tertiary/aromatic N) is 1. The van der Waals surface area contributed by atoms with Crippen molar-refractivity contribution in [3.63, 3.8) is 0 Å². The summed E-state index contributed by atoms with van der Waals surface area (Å²) in [5.74, 6) is -1.01. The molecule has 0 aromatic heterocycles. The molecule has 2 N–H and O–H groups in total. The average molecular weight is 274 g/mol. The number of carbonyl (C=O) groups excluding carboxylic acids is 1. The van der Waals surface area contributed by atoms with Gasteiger partial charge >= 0.3 is 12.0 Å². The zero-order valence-electron chi connectivity index (χ0n) is 11.6. The van der Waals surface area contributed by atoms with Crippen molar-refractivity contribution in [2.45, 2.75) is 38.5 Å². The Bertz CT molecular complexity index is 321. The molecule has 1 fully saturated rings. The maximum absolute atomic E-state index is 11.9. The summed E-state index contributed by atoms with van der Waals surface area (Å²) in [5.41, 5.74) is 0. The number of amides is 2. The first-order chi connectivity index (χ1) is 8.95. The number of hydrogen-bond donors (Lipinski definition) is 2. The van der Waals surface area contributed by atoms with Crippen molar-refractivity contribution in [2.24, 2.45) is 0 Å². The van der Waals surface area contributed by atoms with Crippen molar-refractivity contribution in [3.8, 4) is 0 Å². The van der Waals surface area contributed by atoms with Crippen molar-refractivity contribution in [2.75, 3.05) is 26.8 Å². The van der Waals surface area contributed by atoms with Crippen molar-refractivity contribution < 1.29 is 24.2 Å². The lowest BCUT2D eigenvalue weighted by atomic mass is 10.2. The second-order valence-electron chi connectivity index (χ2n) is 4.75. The van der Waals surface area contributed by atoms with Crippen LogP contribution in [0.15, 0.2) is 0 Å². The van der Waals surface area contributed by atoms with Gasteiger partial charge in [-0.15, -0.1) is 0 Å². The van der Waals surface area contributed by atoms with E-state index in [2.05, 4.69) is 5.32 Å². The lowest BCUT2D eigenvalue weighted by Crippen LogP contribution is -2.47. The molecule has 2 amide bonds. The van der Waals surface area contributed by atoms with Gasteiger partial charge in [0.05, 0.1) is 18.8 Å². The molecule has 0 aromatic carbocycles. The molecule has 0 radical (unpaired) electrons. The summed E-state index contributed by atoms with van der Waals surface area (Å²) in [4.78, 5) is 24.3. The summed E-state index contributed by atoms with van der Waals surface area (Å²) >= 11 is 0. The molecular formula is C12H22N2O5. The molecule has 19 heavy (non-hydrogen) atoms. The summed E-state index contributed by atoms with van der Waals surface area (Å²) < 4.78 is 10.4. The highest BCUT2D eigenvalue weighted by atomic mass is 16.5. The Morgan fingerprint density at radius 1 is 1.47 bits per heavy atom. The van der Waals surface area contributed by atoms with Crippen LogP contribution in [0.5, 0.6) is 0 Å². The second-order valence-corrected chi connectivity index (χ2v) is 4.75. The SMILES string of the molecule is COC1CC(C(=O)O)N(C(=O)NCCOC(C)C)C1. The highest BCUT2D eigenvalue weighted by molar-refractivity contribution is 5.83. The molecule has 2 unspecified atom stereocenters. The Morgan fingerprint density at radius 2 is 2.16 bits per heavy atom. The highest BCUT2D eigenvalue weighted by Gasteiger charge is 2.39. The summed E-state index contributed by atoms with van der Waals surface area (Å²) in [7, 11) is 1.52. The van der Waals surface area contributed by atoms with E-state index in [-0.39, 0.29) is 18.2 Å². The van der Waals surface area contributed by atoms with Crippen LogP contribution in [0.25, 0.3) is 0 Å². The average Bonchev–Trinajstić information content (AvgIpc) is 2.78. The number of urea groups is 1. The molecule has 0 aliphatic carbocycles. The molecule has 1 rings (SSSR count). The fourth-order valence-corrected chi connectivity index (χ4v) is 1.98. The van der Waals surface area contributed by atoms with E-state index in [0.717, 1.165) is 0 Å². The minimum atomic E-state index is -1.01. The van der Waals surface area contributed by atoms with Crippen LogP contribution in [0.2, 0.25) is 0 Å². The van der Waals surface area contributed by atoms with Gasteiger partial charge in [0, 0.05) is 26.6 Å². The van der Waals surface area contributed by atoms with Gasteiger partial charge in [-0.1, -0.05) is 0 Å². The number of carboxylic acid groups (broad SMARTS) is 1. The predicted molar refractivity (Wildman–Crippen MR) is 68.0 cm³/mol. The number of likely N-dealkylation sites (tertiary alicyclic amines) is 1. The van der Waals surface area contributed by atoms with E-state index in [0.29, 0.717) is 26.1 Å². The zero-order chi connectivity index (χ0) is 14.4. The molecule has 0 aromatic rings. The first kappa shape index (κ1) is 15.7. The van der Waals surface area contributed by atoms with Crippen LogP contribution >= 0.6 is 0 Å². The van der Waals surface area contributed by atoms with Crippen molar-refractivity contribution >= 4 is 12.0 Å². The van der Waals surface area contributed by atoms with Gasteiger partial charge in [-0.05, 0) is 13.8 Å². The lowest BCUT2D eigenvalue weighted by molar-refractivity contribution is -0.141. The maximum Gasteiger partial charge on any atom is 0.326 e. The van der Waals surface area contributed by atoms with Crippen molar-refractivity contribution in [3.05, 3.63) is 0 Å². The summed E-state index contributed by atoms with van der Waals surface area (Å²) in [6.45, 7) is 4.88. The monoisotopic (exact) mass is 274 g/mol. The van der Waals surface area contributed by atoms with E-state index in [1.54, 1.807) is 0 Å². The fraction of sp³-hybridized carbons (Fsp3) is 0.833. The Morgan fingerprint density at radius 3 is 2.68 bits per heavy atom. The smallest absolute Gasteiger partial charge is 0.326 e. The maximum atomic E-state index is 11.9. The van der Waals surface area contributed by atoms with Crippen LogP contribution in [0.1, 0.15) is 20.3 Å². The topological polar surface area (TPSA) is 88.1 Å². The molecule has 0 spiro atoms. The van der Waals surface area contributed by atoms with Gasteiger partial charge in [0.15, 0.2) is 0 Å². The van der Waals surface area contributed by atoms with Gasteiger partial charge in [-0.25, -0.2) is 9.59 Å². The molecule has 1 saturated heterocycles. The van der Waals surface area contributed by atoms with Crippen LogP contribution < -0.4 is 5.32 Å². The van der Waals surface area contributed by atoms with E-state index in [1.165, 1.54) is 12.0 Å². The Labute approximate surface area is 112 Å². The third-order valence-corrected chi connectivity index (χ3v) is 2.97. The summed E-state index contributed by atoms with van der Waals surface area (Å²) in [6, 6.07) is -1.21. The van der Waals surface area contributed by atoms with Crippen molar-refractivity contribution in [1.29, 1.82) is 0 Å². The zero-order valence-corrected chi connectivity index (χ0v) is 11.6. The quantitative estimate of drug-likeness (QED) is 0.680. The number of methoxy groups -OCH3 is 1. The summed E-state index contributed by atoms with van der Waals surface area (Å²) in [6.07, 6.45) is 0.203. The summed E-state index contributed by atoms with van der Waals surface area (Å²) in [5, 5.41) is 11.7. The molecule has 1 aliphatic rings. The van der Waals surface area contributed by atoms with Crippen LogP contribution in [0.3, 0.4) is 0 Å². The fourth-order valence-electron chi connectivity index (χ4n) is 1.98. The lowest BCUT2D eigenvalue weighted by Gasteiger charge is -2.21. The number of aliphatic carboxylic acids is 1. The normalized spacial score (nSPS) is 22.8. The standard InChI is InChI=1S/C12H22N2O5/c1-8(2)19-5-4-13-12(17)14-7-9(18-3)6-10(14)11(15)16/h8-10H,4-7H2,1-3H3,(H,13,17)(H,15,16). The molecule has 1 aliphatic heterocycles. The van der Waals surface area contributed by atoms with Gasteiger partial charge in [0.2, 0.25) is 0 Å². The Kier molecular flexibility index (Phi) is 6.04. The minimum Gasteiger partial charge on any atom is -0.480 e. The predicted octanol–water partition coefficient (Wildman–Crippen LogP) is 0.295. The first-order valence-electron chi connectivity index (χ1n) is 6.37. The molecule has 7 nitrogen and oxygen atoms in total. The number of carbonyl (C=O) groups is 2. The minimum absolute atomic E-state index is 0.105. The third kappa shape index (κ3) is 4.68. The van der Waals surface area contributed by atoms with Gasteiger partial charge in [0.1, 0.15) is 6.04 Å². The number of carboxylic acids is 1. The molecular weight excluding hydrogens is 252 g/mol. The van der Waals surface area contributed by atoms with Crippen LogP contribution in [-0.2, 0) is 14.3 Å². The molecule has 7 heteroatoms. The second kappa shape index (κ2) is 7.30. The van der Waals surface area contributed by atoms with Gasteiger partial charge in [0.25, 0.3) is 0 Å². The molecule has 2 atom stereocenters. The number of rotatable bonds is 6. The largest absolute Gasteiger partial charge is 0.480 e. The molecule has 1 heterocycles. The van der Waals surface area contributed by atoms with Crippen LogP contribution in [-0.4, -0.2) is 67.1 Å². The van der Waals surface area contributed by atoms with Gasteiger partial charge in [-0.2, -0.15) is 0 Å². The van der Waals surface area contributed by atoms with Crippen LogP contribution in [0.4, 0.5) is 4.79 Å². The number of nitrogens with one attached hydrogen (secondary N) is 1.